The van der Waals surface area contributed by atoms with Gasteiger partial charge in [0.1, 0.15) is 0 Å². The molecule has 37 heavy (non-hydrogen) atoms. The standard InChI is InChI=1S/C33H25ClN2O/c34-27-17-15-25(16-18-27)33(37)31-29(23-9-3-1-4-10-23)22-36(32(31)24-11-5-2-6-12-24)20-19-26-21-35-30-14-8-7-13-28(26)30/h1-18,21-22,35H,19-20H2. The summed E-state index contributed by atoms with van der Waals surface area (Å²) in [4.78, 5) is 17.5. The summed E-state index contributed by atoms with van der Waals surface area (Å²) >= 11 is 6.13. The van der Waals surface area contributed by atoms with Crippen LogP contribution in [0.5, 0.6) is 0 Å². The van der Waals surface area contributed by atoms with Crippen molar-refractivity contribution in [3.8, 4) is 22.4 Å². The highest BCUT2D eigenvalue weighted by atomic mass is 35.5. The molecular formula is C33H25ClN2O. The largest absolute Gasteiger partial charge is 0.361 e. The third-order valence-corrected chi connectivity index (χ3v) is 7.09. The number of H-pyrrole nitrogens is 1. The molecule has 0 spiro atoms. The average molecular weight is 501 g/mol. The second-order valence-corrected chi connectivity index (χ2v) is 9.57. The summed E-state index contributed by atoms with van der Waals surface area (Å²) in [5.74, 6) is -0.0137. The monoisotopic (exact) mass is 500 g/mol. The summed E-state index contributed by atoms with van der Waals surface area (Å²) in [6, 6.07) is 35.8. The molecule has 0 radical (unpaired) electrons. The van der Waals surface area contributed by atoms with Crippen LogP contribution in [0.1, 0.15) is 21.5 Å². The van der Waals surface area contributed by atoms with Gasteiger partial charge in [0.25, 0.3) is 0 Å². The number of benzene rings is 4. The highest BCUT2D eigenvalue weighted by Gasteiger charge is 2.25. The van der Waals surface area contributed by atoms with Crippen molar-refractivity contribution in [2.24, 2.45) is 0 Å². The number of aromatic nitrogens is 2. The van der Waals surface area contributed by atoms with Crippen LogP contribution in [-0.2, 0) is 13.0 Å². The van der Waals surface area contributed by atoms with Gasteiger partial charge in [-0.05, 0) is 53.4 Å². The van der Waals surface area contributed by atoms with Crippen molar-refractivity contribution in [3.05, 3.63) is 143 Å². The minimum atomic E-state index is -0.0137. The van der Waals surface area contributed by atoms with Gasteiger partial charge in [0.05, 0.1) is 11.3 Å². The molecule has 0 saturated carbocycles. The van der Waals surface area contributed by atoms with Gasteiger partial charge in [0.15, 0.2) is 5.78 Å². The minimum absolute atomic E-state index is 0.0137. The Labute approximate surface area is 221 Å². The Bertz CT molecular complexity index is 1680. The van der Waals surface area contributed by atoms with Crippen molar-refractivity contribution in [1.29, 1.82) is 0 Å². The summed E-state index contributed by atoms with van der Waals surface area (Å²) in [5.41, 5.74) is 7.61. The molecule has 0 saturated heterocycles. The molecule has 6 aromatic rings. The van der Waals surface area contributed by atoms with Crippen LogP contribution in [0.15, 0.2) is 122 Å². The maximum atomic E-state index is 14.1. The predicted molar refractivity (Wildman–Crippen MR) is 152 cm³/mol. The highest BCUT2D eigenvalue weighted by Crippen LogP contribution is 2.37. The molecule has 0 atom stereocenters. The van der Waals surface area contributed by atoms with Crippen LogP contribution in [0.3, 0.4) is 0 Å². The number of nitrogens with zero attached hydrogens (tertiary/aromatic N) is 1. The Morgan fingerprint density at radius 3 is 2.14 bits per heavy atom. The number of fused-ring (bicyclic) bond motifs is 1. The molecule has 0 fully saturated rings. The topological polar surface area (TPSA) is 37.8 Å². The van der Waals surface area contributed by atoms with Crippen LogP contribution >= 0.6 is 11.6 Å². The number of para-hydroxylation sites is 1. The van der Waals surface area contributed by atoms with Gasteiger partial charge in [-0.25, -0.2) is 0 Å². The number of carbonyl (C=O) groups excluding carboxylic acids is 1. The Balaban J connectivity index is 1.52. The van der Waals surface area contributed by atoms with Crippen molar-refractivity contribution in [2.45, 2.75) is 13.0 Å². The summed E-state index contributed by atoms with van der Waals surface area (Å²) in [6.45, 7) is 0.736. The van der Waals surface area contributed by atoms with Crippen molar-refractivity contribution >= 4 is 28.3 Å². The van der Waals surface area contributed by atoms with Crippen molar-refractivity contribution in [1.82, 2.24) is 9.55 Å². The average Bonchev–Trinajstić information content (AvgIpc) is 3.54. The van der Waals surface area contributed by atoms with Gasteiger partial charge < -0.3 is 9.55 Å². The molecule has 4 heteroatoms. The molecule has 180 valence electrons. The Hall–Kier alpha value is -4.34. The zero-order valence-electron chi connectivity index (χ0n) is 20.2. The second-order valence-electron chi connectivity index (χ2n) is 9.14. The number of hydrogen-bond acceptors (Lipinski definition) is 1. The van der Waals surface area contributed by atoms with Crippen LogP contribution in [0, 0.1) is 0 Å². The first kappa shape index (κ1) is 23.1. The smallest absolute Gasteiger partial charge is 0.195 e. The molecule has 4 aromatic carbocycles. The Morgan fingerprint density at radius 1 is 0.757 bits per heavy atom. The van der Waals surface area contributed by atoms with Crippen LogP contribution in [0.4, 0.5) is 0 Å². The van der Waals surface area contributed by atoms with Crippen LogP contribution < -0.4 is 0 Å². The van der Waals surface area contributed by atoms with Gasteiger partial charge in [-0.2, -0.15) is 0 Å². The van der Waals surface area contributed by atoms with E-state index >= 15 is 0 Å². The van der Waals surface area contributed by atoms with E-state index in [0.717, 1.165) is 40.9 Å². The molecule has 0 unspecified atom stereocenters. The van der Waals surface area contributed by atoms with Gasteiger partial charge >= 0.3 is 0 Å². The third-order valence-electron chi connectivity index (χ3n) is 6.84. The summed E-state index contributed by atoms with van der Waals surface area (Å²) in [5, 5.41) is 1.84. The third kappa shape index (κ3) is 4.50. The van der Waals surface area contributed by atoms with E-state index in [4.69, 9.17) is 11.6 Å². The lowest BCUT2D eigenvalue weighted by atomic mass is 9.93. The Morgan fingerprint density at radius 2 is 1.41 bits per heavy atom. The molecule has 0 bridgehead atoms. The fourth-order valence-corrected chi connectivity index (χ4v) is 5.16. The molecule has 2 heterocycles. The fraction of sp³-hybridized carbons (Fsp3) is 0.0606. The van der Waals surface area contributed by atoms with Crippen molar-refractivity contribution in [3.63, 3.8) is 0 Å². The normalized spacial score (nSPS) is 11.2. The first-order chi connectivity index (χ1) is 18.2. The number of aryl methyl sites for hydroxylation is 2. The van der Waals surface area contributed by atoms with Crippen LogP contribution in [-0.4, -0.2) is 15.3 Å². The predicted octanol–water partition coefficient (Wildman–Crippen LogP) is 8.43. The van der Waals surface area contributed by atoms with E-state index in [0.29, 0.717) is 16.1 Å². The number of ketones is 1. The van der Waals surface area contributed by atoms with E-state index in [1.54, 1.807) is 24.3 Å². The molecule has 0 aliphatic heterocycles. The van der Waals surface area contributed by atoms with Gasteiger partial charge in [0, 0.05) is 46.0 Å². The quantitative estimate of drug-likeness (QED) is 0.219. The van der Waals surface area contributed by atoms with E-state index in [-0.39, 0.29) is 5.78 Å². The maximum Gasteiger partial charge on any atom is 0.195 e. The van der Waals surface area contributed by atoms with Crippen LogP contribution in [0.25, 0.3) is 33.3 Å². The summed E-state index contributed by atoms with van der Waals surface area (Å²) in [7, 11) is 0. The molecule has 2 aromatic heterocycles. The molecular weight excluding hydrogens is 476 g/mol. The number of aromatic amines is 1. The van der Waals surface area contributed by atoms with Gasteiger partial charge in [0.2, 0.25) is 0 Å². The number of halogens is 1. The number of rotatable bonds is 7. The molecule has 0 amide bonds. The van der Waals surface area contributed by atoms with E-state index in [9.17, 15) is 4.79 Å². The molecule has 0 aliphatic rings. The maximum absolute atomic E-state index is 14.1. The molecule has 6 rings (SSSR count). The lowest BCUT2D eigenvalue weighted by molar-refractivity contribution is 0.104. The van der Waals surface area contributed by atoms with Crippen molar-refractivity contribution in [2.75, 3.05) is 0 Å². The molecule has 1 N–H and O–H groups in total. The molecule has 0 aliphatic carbocycles. The first-order valence-corrected chi connectivity index (χ1v) is 12.8. The lowest BCUT2D eigenvalue weighted by Crippen LogP contribution is -2.07. The highest BCUT2D eigenvalue weighted by molar-refractivity contribution is 6.30. The summed E-state index contributed by atoms with van der Waals surface area (Å²) < 4.78 is 2.24. The van der Waals surface area contributed by atoms with Crippen molar-refractivity contribution < 1.29 is 4.79 Å². The number of hydrogen-bond donors (Lipinski definition) is 1. The van der Waals surface area contributed by atoms with Gasteiger partial charge in [-0.3, -0.25) is 4.79 Å². The minimum Gasteiger partial charge on any atom is -0.361 e. The van der Waals surface area contributed by atoms with E-state index in [1.165, 1.54) is 10.9 Å². The van der Waals surface area contributed by atoms with Crippen LogP contribution in [0.2, 0.25) is 5.02 Å². The fourth-order valence-electron chi connectivity index (χ4n) is 5.03. The zero-order valence-corrected chi connectivity index (χ0v) is 21.0. The first-order valence-electron chi connectivity index (χ1n) is 12.4. The van der Waals surface area contributed by atoms with Gasteiger partial charge in [-0.15, -0.1) is 0 Å². The van der Waals surface area contributed by atoms with Gasteiger partial charge in [-0.1, -0.05) is 90.5 Å². The van der Waals surface area contributed by atoms with E-state index in [1.807, 2.05) is 42.5 Å². The lowest BCUT2D eigenvalue weighted by Gasteiger charge is -2.12. The second kappa shape index (κ2) is 9.96. The number of nitrogens with one attached hydrogen (secondary N) is 1. The summed E-state index contributed by atoms with van der Waals surface area (Å²) in [6.07, 6.45) is 5.06. The van der Waals surface area contributed by atoms with E-state index < -0.39 is 0 Å². The zero-order chi connectivity index (χ0) is 25.2. The van der Waals surface area contributed by atoms with E-state index in [2.05, 4.69) is 64.4 Å². The molecule has 3 nitrogen and oxygen atoms in total. The number of carbonyl (C=O) groups is 1. The Kier molecular flexibility index (Phi) is 6.21. The SMILES string of the molecule is O=C(c1ccc(Cl)cc1)c1c(-c2ccccc2)cn(CCc2c[nH]c3ccccc23)c1-c1ccccc1.